The minimum Gasteiger partial charge on any atom is -0.340 e. The summed E-state index contributed by atoms with van der Waals surface area (Å²) < 4.78 is 0. The Morgan fingerprint density at radius 3 is 2.54 bits per heavy atom. The molecule has 1 N–H and O–H groups in total. The third kappa shape index (κ3) is 3.17. The van der Waals surface area contributed by atoms with Gasteiger partial charge >= 0.3 is 0 Å². The lowest BCUT2D eigenvalue weighted by Gasteiger charge is -2.19. The molecule has 0 saturated heterocycles. The molecule has 28 heavy (non-hydrogen) atoms. The molecule has 0 bridgehead atoms. The number of aromatic nitrogens is 5. The van der Waals surface area contributed by atoms with Crippen LogP contribution in [-0.2, 0) is 0 Å². The van der Waals surface area contributed by atoms with Gasteiger partial charge in [-0.05, 0) is 44.0 Å². The zero-order chi connectivity index (χ0) is 18.9. The van der Waals surface area contributed by atoms with Crippen LogP contribution >= 0.6 is 0 Å². The Bertz CT molecular complexity index is 1120. The van der Waals surface area contributed by atoms with Crippen molar-refractivity contribution >= 4 is 11.0 Å². The Morgan fingerprint density at radius 1 is 0.893 bits per heavy atom. The largest absolute Gasteiger partial charge is 0.340 e. The lowest BCUT2D eigenvalue weighted by atomic mass is 9.89. The molecule has 0 aliphatic heterocycles. The Labute approximate surface area is 164 Å². The molecule has 3 aromatic heterocycles. The summed E-state index contributed by atoms with van der Waals surface area (Å²) in [6.45, 7) is 2.02. The Hall–Kier alpha value is -3.08. The number of pyridine rings is 1. The number of rotatable bonds is 3. The van der Waals surface area contributed by atoms with E-state index in [1.807, 2.05) is 19.1 Å². The number of benzene rings is 1. The molecule has 0 spiro atoms. The number of nitrogens with one attached hydrogen (secondary N) is 1. The van der Waals surface area contributed by atoms with E-state index in [9.17, 15) is 0 Å². The molecule has 0 unspecified atom stereocenters. The molecule has 1 aromatic carbocycles. The lowest BCUT2D eigenvalue weighted by molar-refractivity contribution is 0.431. The van der Waals surface area contributed by atoms with Gasteiger partial charge in [-0.3, -0.25) is 15.0 Å². The summed E-state index contributed by atoms with van der Waals surface area (Å²) in [5, 5.41) is 0. The summed E-state index contributed by atoms with van der Waals surface area (Å²) in [6, 6.07) is 12.3. The highest BCUT2D eigenvalue weighted by atomic mass is 15.0. The second kappa shape index (κ2) is 7.15. The number of hydrogen-bond donors (Lipinski definition) is 1. The summed E-state index contributed by atoms with van der Waals surface area (Å²) >= 11 is 0. The van der Waals surface area contributed by atoms with Gasteiger partial charge in [0, 0.05) is 29.6 Å². The summed E-state index contributed by atoms with van der Waals surface area (Å²) in [5.41, 5.74) is 6.70. The van der Waals surface area contributed by atoms with E-state index in [0.29, 0.717) is 5.92 Å². The number of H-pyrrole nitrogens is 1. The number of imidazole rings is 1. The number of hydrogen-bond acceptors (Lipinski definition) is 4. The van der Waals surface area contributed by atoms with E-state index in [1.165, 1.54) is 32.1 Å². The van der Waals surface area contributed by atoms with E-state index in [4.69, 9.17) is 9.97 Å². The standard InChI is InChI=1S/C23H23N5/c1-15-6-5-9-19(26-15)22-21(27-23(28-22)16-7-3-2-4-8-16)17-10-11-18-20(14-17)25-13-12-24-18/h5-6,9-14,16H,2-4,7-8H2,1H3,(H,27,28). The molecule has 5 heteroatoms. The van der Waals surface area contributed by atoms with Crippen LogP contribution in [-0.4, -0.2) is 24.9 Å². The van der Waals surface area contributed by atoms with Crippen LogP contribution in [0.3, 0.4) is 0 Å². The van der Waals surface area contributed by atoms with Gasteiger partial charge < -0.3 is 4.98 Å². The first-order chi connectivity index (χ1) is 13.8. The first-order valence-corrected chi connectivity index (χ1v) is 10.0. The van der Waals surface area contributed by atoms with Gasteiger partial charge in [0.25, 0.3) is 0 Å². The molecule has 5 nitrogen and oxygen atoms in total. The van der Waals surface area contributed by atoms with E-state index < -0.39 is 0 Å². The van der Waals surface area contributed by atoms with Crippen molar-refractivity contribution in [2.24, 2.45) is 0 Å². The van der Waals surface area contributed by atoms with Crippen molar-refractivity contribution in [3.8, 4) is 22.6 Å². The average molecular weight is 369 g/mol. The number of fused-ring (bicyclic) bond motifs is 1. The van der Waals surface area contributed by atoms with Crippen molar-refractivity contribution in [1.29, 1.82) is 0 Å². The summed E-state index contributed by atoms with van der Waals surface area (Å²) in [7, 11) is 0. The highest BCUT2D eigenvalue weighted by Gasteiger charge is 2.23. The van der Waals surface area contributed by atoms with Crippen molar-refractivity contribution in [3.05, 3.63) is 60.3 Å². The van der Waals surface area contributed by atoms with E-state index in [0.717, 1.165) is 45.2 Å². The van der Waals surface area contributed by atoms with Crippen LogP contribution < -0.4 is 0 Å². The minimum absolute atomic E-state index is 0.506. The van der Waals surface area contributed by atoms with Crippen LogP contribution in [0.1, 0.15) is 49.5 Å². The topological polar surface area (TPSA) is 67.3 Å². The van der Waals surface area contributed by atoms with E-state index in [-0.39, 0.29) is 0 Å². The van der Waals surface area contributed by atoms with Gasteiger partial charge in [-0.25, -0.2) is 4.98 Å². The molecule has 3 heterocycles. The molecule has 140 valence electrons. The Kier molecular flexibility index (Phi) is 4.35. The van der Waals surface area contributed by atoms with Crippen LogP contribution in [0.25, 0.3) is 33.7 Å². The second-order valence-corrected chi connectivity index (χ2v) is 7.60. The predicted molar refractivity (Wildman–Crippen MR) is 111 cm³/mol. The van der Waals surface area contributed by atoms with Gasteiger partial charge in [0.2, 0.25) is 0 Å². The maximum atomic E-state index is 5.07. The SMILES string of the molecule is Cc1cccc(-c2[nH]c(C3CCCCC3)nc2-c2ccc3nccnc3c2)n1. The Balaban J connectivity index is 1.66. The van der Waals surface area contributed by atoms with Crippen molar-refractivity contribution < 1.29 is 0 Å². The molecule has 5 rings (SSSR count). The van der Waals surface area contributed by atoms with E-state index >= 15 is 0 Å². The van der Waals surface area contributed by atoms with Gasteiger partial charge in [-0.1, -0.05) is 31.4 Å². The minimum atomic E-state index is 0.506. The van der Waals surface area contributed by atoms with Crippen LogP contribution in [0.15, 0.2) is 48.8 Å². The van der Waals surface area contributed by atoms with Crippen LogP contribution in [0.4, 0.5) is 0 Å². The van der Waals surface area contributed by atoms with E-state index in [2.05, 4.69) is 39.2 Å². The zero-order valence-electron chi connectivity index (χ0n) is 16.0. The fourth-order valence-corrected chi connectivity index (χ4v) is 4.15. The molecule has 0 amide bonds. The molecule has 1 aliphatic rings. The first-order valence-electron chi connectivity index (χ1n) is 10.0. The van der Waals surface area contributed by atoms with Crippen LogP contribution in [0.2, 0.25) is 0 Å². The molecule has 1 saturated carbocycles. The normalized spacial score (nSPS) is 15.2. The summed E-state index contributed by atoms with van der Waals surface area (Å²) in [6.07, 6.45) is 9.76. The molecule has 4 aromatic rings. The second-order valence-electron chi connectivity index (χ2n) is 7.60. The fourth-order valence-electron chi connectivity index (χ4n) is 4.15. The van der Waals surface area contributed by atoms with Gasteiger partial charge in [0.15, 0.2) is 0 Å². The molecular formula is C23H23N5. The van der Waals surface area contributed by atoms with E-state index in [1.54, 1.807) is 12.4 Å². The number of aromatic amines is 1. The maximum absolute atomic E-state index is 5.07. The molecule has 0 atom stereocenters. The highest BCUT2D eigenvalue weighted by molar-refractivity contribution is 5.84. The summed E-state index contributed by atoms with van der Waals surface area (Å²) in [4.78, 5) is 22.3. The highest BCUT2D eigenvalue weighted by Crippen LogP contribution is 2.36. The molecule has 0 radical (unpaired) electrons. The van der Waals surface area contributed by atoms with Crippen LogP contribution in [0.5, 0.6) is 0 Å². The lowest BCUT2D eigenvalue weighted by Crippen LogP contribution is -2.06. The monoisotopic (exact) mass is 369 g/mol. The fraction of sp³-hybridized carbons (Fsp3) is 0.304. The van der Waals surface area contributed by atoms with Gasteiger partial charge in [-0.2, -0.15) is 0 Å². The third-order valence-electron chi connectivity index (χ3n) is 5.60. The molecule has 1 aliphatic carbocycles. The summed E-state index contributed by atoms with van der Waals surface area (Å²) in [5.74, 6) is 1.60. The smallest absolute Gasteiger partial charge is 0.110 e. The number of nitrogens with zero attached hydrogens (tertiary/aromatic N) is 4. The van der Waals surface area contributed by atoms with Gasteiger partial charge in [0.05, 0.1) is 28.1 Å². The van der Waals surface area contributed by atoms with Crippen molar-refractivity contribution in [2.45, 2.75) is 44.9 Å². The first kappa shape index (κ1) is 17.0. The predicted octanol–water partition coefficient (Wildman–Crippen LogP) is 5.44. The molecular weight excluding hydrogens is 346 g/mol. The zero-order valence-corrected chi connectivity index (χ0v) is 16.0. The number of aryl methyl sites for hydroxylation is 1. The quantitative estimate of drug-likeness (QED) is 0.522. The molecule has 1 fully saturated rings. The van der Waals surface area contributed by atoms with Gasteiger partial charge in [0.1, 0.15) is 5.82 Å². The third-order valence-corrected chi connectivity index (χ3v) is 5.60. The van der Waals surface area contributed by atoms with Crippen LogP contribution in [0, 0.1) is 6.92 Å². The van der Waals surface area contributed by atoms with Crippen molar-refractivity contribution in [1.82, 2.24) is 24.9 Å². The van der Waals surface area contributed by atoms with Gasteiger partial charge in [-0.15, -0.1) is 0 Å². The maximum Gasteiger partial charge on any atom is 0.110 e. The van der Waals surface area contributed by atoms with Crippen molar-refractivity contribution in [2.75, 3.05) is 0 Å². The average Bonchev–Trinajstić information content (AvgIpc) is 3.20. The van der Waals surface area contributed by atoms with Crippen molar-refractivity contribution in [3.63, 3.8) is 0 Å². The Morgan fingerprint density at radius 2 is 1.71 bits per heavy atom.